The molecule has 0 saturated heterocycles. The number of hydrogen-bond acceptors (Lipinski definition) is 4. The van der Waals surface area contributed by atoms with Crippen molar-refractivity contribution in [1.82, 2.24) is 9.55 Å². The minimum Gasteiger partial charge on any atom is -0.475 e. The molecule has 1 aliphatic rings. The number of sulfonamides is 1. The number of aliphatic carboxylic acids is 1. The summed E-state index contributed by atoms with van der Waals surface area (Å²) in [5, 5.41) is 6.92. The molecule has 1 aromatic carbocycles. The molecule has 1 aromatic heterocycles. The van der Waals surface area contributed by atoms with Gasteiger partial charge in [0.25, 0.3) is 0 Å². The van der Waals surface area contributed by atoms with E-state index < -0.39 is 22.2 Å². The Hall–Kier alpha value is -2.56. The highest BCUT2D eigenvalue weighted by atomic mass is 32.2. The highest BCUT2D eigenvalue weighted by Gasteiger charge is 2.38. The second-order valence-corrected chi connectivity index (χ2v) is 7.72. The summed E-state index contributed by atoms with van der Waals surface area (Å²) in [6.07, 6.45) is 0.971. The number of carboxylic acids is 1. The molecule has 0 amide bonds. The third kappa shape index (κ3) is 5.71. The Kier molecular flexibility index (Phi) is 6.14. The van der Waals surface area contributed by atoms with E-state index in [1.54, 1.807) is 18.3 Å². The van der Waals surface area contributed by atoms with E-state index in [-0.39, 0.29) is 5.25 Å². The van der Waals surface area contributed by atoms with Crippen molar-refractivity contribution < 1.29 is 31.5 Å². The summed E-state index contributed by atoms with van der Waals surface area (Å²) in [6, 6.07) is 7.36. The van der Waals surface area contributed by atoms with Gasteiger partial charge in [0.2, 0.25) is 10.0 Å². The molecular weight excluding hydrogens is 387 g/mol. The summed E-state index contributed by atoms with van der Waals surface area (Å²) in [5.41, 5.74) is 1.59. The topological polar surface area (TPSA) is 101 Å². The zero-order valence-electron chi connectivity index (χ0n) is 14.3. The minimum atomic E-state index is -5.08. The first-order valence-corrected chi connectivity index (χ1v) is 9.53. The first kappa shape index (κ1) is 20.7. The lowest BCUT2D eigenvalue weighted by atomic mass is 10.3. The number of aromatic nitrogens is 2. The molecule has 0 spiro atoms. The van der Waals surface area contributed by atoms with Crippen molar-refractivity contribution in [3.05, 3.63) is 42.5 Å². The van der Waals surface area contributed by atoms with Crippen LogP contribution in [0.25, 0.3) is 5.69 Å². The van der Waals surface area contributed by atoms with Crippen molar-refractivity contribution in [3.63, 3.8) is 0 Å². The van der Waals surface area contributed by atoms with E-state index in [1.165, 1.54) is 0 Å². The number of anilines is 1. The molecule has 0 bridgehead atoms. The van der Waals surface area contributed by atoms with Gasteiger partial charge in [-0.2, -0.15) is 13.2 Å². The molecule has 1 heterocycles. The molecular formula is C16H18F3N3O4S. The van der Waals surface area contributed by atoms with Gasteiger partial charge < -0.3 is 9.67 Å². The first-order chi connectivity index (χ1) is 12.5. The quantitative estimate of drug-likeness (QED) is 0.796. The lowest BCUT2D eigenvalue weighted by Crippen LogP contribution is -2.21. The molecule has 0 aliphatic heterocycles. The summed E-state index contributed by atoms with van der Waals surface area (Å²) in [6.45, 7) is 2.05. The number of rotatable bonds is 5. The van der Waals surface area contributed by atoms with Gasteiger partial charge in [0.15, 0.2) is 0 Å². The average Bonchev–Trinajstić information content (AvgIpc) is 3.34. The van der Waals surface area contributed by atoms with Crippen LogP contribution in [0, 0.1) is 0 Å². The van der Waals surface area contributed by atoms with Crippen LogP contribution in [0.2, 0.25) is 0 Å². The van der Waals surface area contributed by atoms with Crippen molar-refractivity contribution in [1.29, 1.82) is 0 Å². The Morgan fingerprint density at radius 1 is 1.30 bits per heavy atom. The van der Waals surface area contributed by atoms with Crippen LogP contribution in [0.5, 0.6) is 0 Å². The number of nitrogens with one attached hydrogen (secondary N) is 1. The standard InChI is InChI=1S/C14H17N3O2S.C2HF3O2/c1-2-14-15-9-10-17(14)12-5-3-11(4-6-12)16-20(18,19)13-7-8-13;3-2(4,5)1(6)7/h3-6,9-10,13,16H,2,7-8H2,1H3;(H,6,7). The molecule has 11 heteroatoms. The lowest BCUT2D eigenvalue weighted by molar-refractivity contribution is -0.192. The maximum absolute atomic E-state index is 11.8. The second-order valence-electron chi connectivity index (χ2n) is 5.76. The third-order valence-corrected chi connectivity index (χ3v) is 5.51. The highest BCUT2D eigenvalue weighted by molar-refractivity contribution is 7.93. The van der Waals surface area contributed by atoms with Crippen LogP contribution in [0.15, 0.2) is 36.7 Å². The van der Waals surface area contributed by atoms with Crippen LogP contribution in [0.4, 0.5) is 18.9 Å². The van der Waals surface area contributed by atoms with Gasteiger partial charge in [-0.3, -0.25) is 4.72 Å². The molecule has 27 heavy (non-hydrogen) atoms. The van der Waals surface area contributed by atoms with Crippen molar-refractivity contribution in [2.75, 3.05) is 4.72 Å². The largest absolute Gasteiger partial charge is 0.490 e. The Morgan fingerprint density at radius 2 is 1.85 bits per heavy atom. The highest BCUT2D eigenvalue weighted by Crippen LogP contribution is 2.29. The second kappa shape index (κ2) is 7.99. The van der Waals surface area contributed by atoms with Gasteiger partial charge in [-0.15, -0.1) is 0 Å². The van der Waals surface area contributed by atoms with Gasteiger partial charge in [-0.05, 0) is 37.1 Å². The number of carboxylic acid groups (broad SMARTS) is 1. The monoisotopic (exact) mass is 405 g/mol. The van der Waals surface area contributed by atoms with Crippen LogP contribution >= 0.6 is 0 Å². The number of imidazole rings is 1. The third-order valence-electron chi connectivity index (χ3n) is 3.64. The fourth-order valence-corrected chi connectivity index (χ4v) is 3.53. The number of benzene rings is 1. The molecule has 7 nitrogen and oxygen atoms in total. The van der Waals surface area contributed by atoms with Crippen LogP contribution in [0.3, 0.4) is 0 Å². The summed E-state index contributed by atoms with van der Waals surface area (Å²) >= 11 is 0. The van der Waals surface area contributed by atoms with Crippen LogP contribution in [-0.2, 0) is 21.2 Å². The Morgan fingerprint density at radius 3 is 2.30 bits per heavy atom. The molecule has 1 saturated carbocycles. The maximum Gasteiger partial charge on any atom is 0.490 e. The molecule has 0 radical (unpaired) electrons. The zero-order valence-corrected chi connectivity index (χ0v) is 15.1. The first-order valence-electron chi connectivity index (χ1n) is 7.99. The number of hydrogen-bond donors (Lipinski definition) is 2. The average molecular weight is 405 g/mol. The van der Waals surface area contributed by atoms with Gasteiger partial charge in [0.1, 0.15) is 5.82 Å². The number of aryl methyl sites for hydroxylation is 1. The summed E-state index contributed by atoms with van der Waals surface area (Å²) < 4.78 is 60.1. The summed E-state index contributed by atoms with van der Waals surface area (Å²) in [7, 11) is -3.19. The van der Waals surface area contributed by atoms with E-state index in [0.29, 0.717) is 5.69 Å². The number of carbonyl (C=O) groups is 1. The van der Waals surface area contributed by atoms with Crippen molar-refractivity contribution >= 4 is 21.7 Å². The number of alkyl halides is 3. The Balaban J connectivity index is 0.000000321. The van der Waals surface area contributed by atoms with E-state index >= 15 is 0 Å². The van der Waals surface area contributed by atoms with Crippen LogP contribution < -0.4 is 4.72 Å². The lowest BCUT2D eigenvalue weighted by Gasteiger charge is -2.09. The smallest absolute Gasteiger partial charge is 0.475 e. The van der Waals surface area contributed by atoms with Crippen LogP contribution in [0.1, 0.15) is 25.6 Å². The Bertz CT molecular complexity index is 888. The van der Waals surface area contributed by atoms with E-state index in [2.05, 4.69) is 16.6 Å². The van der Waals surface area contributed by atoms with Gasteiger partial charge in [0, 0.05) is 30.2 Å². The molecule has 1 fully saturated rings. The van der Waals surface area contributed by atoms with Crippen molar-refractivity contribution in [2.24, 2.45) is 0 Å². The van der Waals surface area contributed by atoms with E-state index in [4.69, 9.17) is 9.90 Å². The summed E-state index contributed by atoms with van der Waals surface area (Å²) in [5.74, 6) is -1.77. The number of nitrogens with zero attached hydrogens (tertiary/aromatic N) is 2. The zero-order chi connectivity index (χ0) is 20.2. The predicted octanol–water partition coefficient (Wildman–Crippen LogP) is 2.97. The molecule has 148 valence electrons. The van der Waals surface area contributed by atoms with E-state index in [1.807, 2.05) is 22.9 Å². The van der Waals surface area contributed by atoms with Crippen LogP contribution in [-0.4, -0.2) is 40.5 Å². The normalized spacial score (nSPS) is 14.2. The molecule has 0 atom stereocenters. The molecule has 2 N–H and O–H groups in total. The van der Waals surface area contributed by atoms with Crippen molar-refractivity contribution in [2.45, 2.75) is 37.6 Å². The minimum absolute atomic E-state index is 0.206. The molecule has 1 aliphatic carbocycles. The maximum atomic E-state index is 11.8. The van der Waals surface area contributed by atoms with E-state index in [9.17, 15) is 21.6 Å². The van der Waals surface area contributed by atoms with Gasteiger partial charge >= 0.3 is 12.1 Å². The van der Waals surface area contributed by atoms with Crippen molar-refractivity contribution in [3.8, 4) is 5.69 Å². The predicted molar refractivity (Wildman–Crippen MR) is 92.2 cm³/mol. The van der Waals surface area contributed by atoms with Gasteiger partial charge in [-0.25, -0.2) is 18.2 Å². The molecule has 0 unspecified atom stereocenters. The van der Waals surface area contributed by atoms with Gasteiger partial charge in [0.05, 0.1) is 5.25 Å². The fraction of sp³-hybridized carbons (Fsp3) is 0.375. The molecule has 3 rings (SSSR count). The Labute approximate surface area is 153 Å². The SMILES string of the molecule is CCc1nccn1-c1ccc(NS(=O)(=O)C2CC2)cc1.O=C(O)C(F)(F)F. The number of halogens is 3. The fourth-order valence-electron chi connectivity index (χ4n) is 2.15. The van der Waals surface area contributed by atoms with Gasteiger partial charge in [-0.1, -0.05) is 6.92 Å². The summed E-state index contributed by atoms with van der Waals surface area (Å²) in [4.78, 5) is 13.2. The van der Waals surface area contributed by atoms with E-state index in [0.717, 1.165) is 30.8 Å². The molecule has 2 aromatic rings.